The molecule has 1 aliphatic carbocycles. The molecule has 1 fully saturated rings. The summed E-state index contributed by atoms with van der Waals surface area (Å²) in [5.74, 6) is 0.771. The molecule has 0 saturated carbocycles. The van der Waals surface area contributed by atoms with Gasteiger partial charge in [-0.2, -0.15) is 0 Å². The Morgan fingerprint density at radius 1 is 1.22 bits per heavy atom. The Balaban J connectivity index is 1.24. The largest absolute Gasteiger partial charge is 0.491 e. The molecule has 2 aromatic rings. The van der Waals surface area contributed by atoms with Crippen LogP contribution in [0.1, 0.15) is 67.1 Å². The molecule has 0 aromatic heterocycles. The number of carbonyl (C=O) groups excluding carboxylic acids is 1. The number of hydrazine groups is 1. The number of allylic oxidation sites excluding steroid dienone is 2. The number of hydrogen-bond acceptors (Lipinski definition) is 5. The van der Waals surface area contributed by atoms with Crippen LogP contribution in [-0.2, 0) is 0 Å². The lowest BCUT2D eigenvalue weighted by molar-refractivity contribution is 0.0907. The Morgan fingerprint density at radius 2 is 2.06 bits per heavy atom. The molecule has 1 saturated heterocycles. The van der Waals surface area contributed by atoms with Crippen LogP contribution in [0.2, 0.25) is 0 Å². The lowest BCUT2D eigenvalue weighted by Gasteiger charge is -2.33. The van der Waals surface area contributed by atoms with Crippen LogP contribution in [0, 0.1) is 0 Å². The van der Waals surface area contributed by atoms with E-state index in [1.54, 1.807) is 0 Å². The van der Waals surface area contributed by atoms with Gasteiger partial charge in [-0.15, -0.1) is 0 Å². The van der Waals surface area contributed by atoms with Crippen molar-refractivity contribution in [3.8, 4) is 5.75 Å². The fourth-order valence-corrected chi connectivity index (χ4v) is 5.21. The first-order valence-corrected chi connectivity index (χ1v) is 13.0. The number of nitrogens with zero attached hydrogens (tertiary/aromatic N) is 1. The van der Waals surface area contributed by atoms with Crippen LogP contribution in [0.4, 0.5) is 10.1 Å². The molecule has 0 spiro atoms. The predicted molar refractivity (Wildman–Crippen MR) is 141 cm³/mol. The van der Waals surface area contributed by atoms with Crippen molar-refractivity contribution >= 4 is 11.6 Å². The minimum absolute atomic E-state index is 0.000612. The summed E-state index contributed by atoms with van der Waals surface area (Å²) >= 11 is 0. The molecule has 3 N–H and O–H groups in total. The summed E-state index contributed by atoms with van der Waals surface area (Å²) in [6.07, 6.45) is 7.27. The Morgan fingerprint density at radius 3 is 2.83 bits per heavy atom. The topological polar surface area (TPSA) is 65.6 Å². The van der Waals surface area contributed by atoms with Crippen molar-refractivity contribution in [2.24, 2.45) is 0 Å². The molecule has 6 nitrogen and oxygen atoms in total. The number of likely N-dealkylation sites (tertiary alicyclic amines) is 1. The fraction of sp³-hybridized carbons (Fsp3) is 0.414. The van der Waals surface area contributed by atoms with Gasteiger partial charge in [-0.25, -0.2) is 9.82 Å². The third kappa shape index (κ3) is 5.63. The zero-order valence-electron chi connectivity index (χ0n) is 21.0. The molecule has 0 radical (unpaired) electrons. The number of fused-ring (bicyclic) bond motifs is 1. The van der Waals surface area contributed by atoms with Crippen LogP contribution in [-0.4, -0.2) is 42.6 Å². The van der Waals surface area contributed by atoms with Gasteiger partial charge < -0.3 is 15.5 Å². The number of carbonyl (C=O) groups is 1. The molecule has 5 rings (SSSR count). The number of nitrogens with one attached hydrogen (secondary N) is 3. The highest BCUT2D eigenvalue weighted by molar-refractivity contribution is 5.95. The summed E-state index contributed by atoms with van der Waals surface area (Å²) in [6.45, 7) is 6.28. The van der Waals surface area contributed by atoms with E-state index in [9.17, 15) is 9.18 Å². The average Bonchev–Trinajstić information content (AvgIpc) is 3.29. The van der Waals surface area contributed by atoms with E-state index in [0.717, 1.165) is 60.5 Å². The molecular formula is C29H35FN4O2. The van der Waals surface area contributed by atoms with Crippen LogP contribution in [0.25, 0.3) is 0 Å². The number of amides is 1. The average molecular weight is 491 g/mol. The Labute approximate surface area is 212 Å². The highest BCUT2D eigenvalue weighted by atomic mass is 19.1. The molecule has 3 aliphatic rings. The number of piperidine rings is 1. The minimum Gasteiger partial charge on any atom is -0.491 e. The van der Waals surface area contributed by atoms with Crippen molar-refractivity contribution in [2.75, 3.05) is 25.1 Å². The second kappa shape index (κ2) is 10.8. The van der Waals surface area contributed by atoms with Gasteiger partial charge in [0.25, 0.3) is 5.91 Å². The first-order chi connectivity index (χ1) is 17.5. The molecule has 2 heterocycles. The van der Waals surface area contributed by atoms with Gasteiger partial charge in [-0.1, -0.05) is 24.3 Å². The van der Waals surface area contributed by atoms with E-state index in [1.807, 2.05) is 56.3 Å². The predicted octanol–water partition coefficient (Wildman–Crippen LogP) is 5.26. The summed E-state index contributed by atoms with van der Waals surface area (Å²) in [4.78, 5) is 15.4. The van der Waals surface area contributed by atoms with Gasteiger partial charge in [0.05, 0.1) is 17.8 Å². The van der Waals surface area contributed by atoms with Crippen LogP contribution >= 0.6 is 0 Å². The number of benzene rings is 2. The zero-order chi connectivity index (χ0) is 25.1. The smallest absolute Gasteiger partial charge is 0.251 e. The molecule has 1 amide bonds. The number of ether oxygens (including phenoxy) is 1. The van der Waals surface area contributed by atoms with Gasteiger partial charge in [0.1, 0.15) is 11.6 Å². The molecule has 36 heavy (non-hydrogen) atoms. The highest BCUT2D eigenvalue weighted by Crippen LogP contribution is 2.34. The van der Waals surface area contributed by atoms with Gasteiger partial charge in [0.15, 0.2) is 0 Å². The first kappa shape index (κ1) is 24.5. The van der Waals surface area contributed by atoms with E-state index >= 15 is 0 Å². The third-order valence-electron chi connectivity index (χ3n) is 6.99. The summed E-state index contributed by atoms with van der Waals surface area (Å²) in [6, 6.07) is 13.8. The van der Waals surface area contributed by atoms with Crippen molar-refractivity contribution < 1.29 is 13.9 Å². The van der Waals surface area contributed by atoms with Crippen molar-refractivity contribution in [2.45, 2.75) is 57.7 Å². The molecule has 2 atom stereocenters. The van der Waals surface area contributed by atoms with Gasteiger partial charge >= 0.3 is 0 Å². The molecule has 7 heteroatoms. The monoisotopic (exact) mass is 490 g/mol. The Kier molecular flexibility index (Phi) is 7.39. The molecule has 2 unspecified atom stereocenters. The summed E-state index contributed by atoms with van der Waals surface area (Å²) in [7, 11) is 0. The van der Waals surface area contributed by atoms with Crippen LogP contribution in [0.3, 0.4) is 0 Å². The lowest BCUT2D eigenvalue weighted by atomic mass is 9.97. The second-order valence-corrected chi connectivity index (χ2v) is 10.2. The van der Waals surface area contributed by atoms with E-state index in [1.165, 1.54) is 0 Å². The van der Waals surface area contributed by atoms with E-state index in [2.05, 4.69) is 33.2 Å². The zero-order valence-corrected chi connectivity index (χ0v) is 21.0. The van der Waals surface area contributed by atoms with E-state index in [-0.39, 0.29) is 29.9 Å². The van der Waals surface area contributed by atoms with Gasteiger partial charge in [-0.3, -0.25) is 9.69 Å². The van der Waals surface area contributed by atoms with Crippen LogP contribution in [0.15, 0.2) is 66.0 Å². The normalized spacial score (nSPS) is 21.9. The van der Waals surface area contributed by atoms with Crippen molar-refractivity contribution in [1.82, 2.24) is 15.6 Å². The quantitative estimate of drug-likeness (QED) is 0.494. The van der Waals surface area contributed by atoms with Crippen LogP contribution < -0.4 is 20.9 Å². The van der Waals surface area contributed by atoms with E-state index in [0.29, 0.717) is 18.5 Å². The molecule has 0 bridgehead atoms. The second-order valence-electron chi connectivity index (χ2n) is 10.2. The number of rotatable bonds is 7. The van der Waals surface area contributed by atoms with Crippen LogP contribution in [0.5, 0.6) is 5.75 Å². The number of hydrogen-bond donors (Lipinski definition) is 3. The third-order valence-corrected chi connectivity index (χ3v) is 6.99. The number of anilines is 1. The SMILES string of the molecule is CC(C)Oc1ccc(C2NNc3ccc(C(=O)NC4CCCN(CC5=C(F)CCC=C5)C4)cc32)cc1. The summed E-state index contributed by atoms with van der Waals surface area (Å²) in [5.41, 5.74) is 11.1. The molecule has 190 valence electrons. The van der Waals surface area contributed by atoms with Crippen molar-refractivity contribution in [1.29, 1.82) is 0 Å². The fourth-order valence-electron chi connectivity index (χ4n) is 5.21. The molecule has 2 aromatic carbocycles. The first-order valence-electron chi connectivity index (χ1n) is 13.0. The van der Waals surface area contributed by atoms with E-state index < -0.39 is 0 Å². The summed E-state index contributed by atoms with van der Waals surface area (Å²) < 4.78 is 19.9. The van der Waals surface area contributed by atoms with Gasteiger partial charge in [0.2, 0.25) is 0 Å². The van der Waals surface area contributed by atoms with E-state index in [4.69, 9.17) is 4.74 Å². The Hall–Kier alpha value is -3.16. The maximum absolute atomic E-state index is 14.2. The summed E-state index contributed by atoms with van der Waals surface area (Å²) in [5, 5.41) is 3.22. The standard InChI is InChI=1S/C29H35FN4O2/c1-19(2)36-24-12-9-20(10-13-24)28-25-16-21(11-14-27(25)32-33-28)29(35)31-23-7-5-15-34(18-23)17-22-6-3-4-8-26(22)30/h3,6,9-14,16,19,23,28,32-33H,4-5,7-8,15,17-18H2,1-2H3,(H,31,35). The van der Waals surface area contributed by atoms with Crippen molar-refractivity contribution in [3.05, 3.63) is 82.7 Å². The minimum atomic E-state index is -0.0704. The lowest BCUT2D eigenvalue weighted by Crippen LogP contribution is -2.48. The molecule has 2 aliphatic heterocycles. The Bertz CT molecular complexity index is 1160. The van der Waals surface area contributed by atoms with Crippen molar-refractivity contribution in [3.63, 3.8) is 0 Å². The van der Waals surface area contributed by atoms with Gasteiger partial charge in [0, 0.05) is 36.7 Å². The molecular weight excluding hydrogens is 455 g/mol. The highest BCUT2D eigenvalue weighted by Gasteiger charge is 2.27. The maximum atomic E-state index is 14.2. The maximum Gasteiger partial charge on any atom is 0.251 e. The van der Waals surface area contributed by atoms with Gasteiger partial charge in [-0.05, 0) is 81.1 Å². The number of halogens is 1.